The molecule has 14 heteroatoms. The number of nitrogens with one attached hydrogen (secondary N) is 4. The van der Waals surface area contributed by atoms with E-state index in [1.807, 2.05) is 33.8 Å². The van der Waals surface area contributed by atoms with Crippen molar-refractivity contribution in [3.8, 4) is 0 Å². The third-order valence-corrected chi connectivity index (χ3v) is 14.1. The molecule has 0 aromatic heterocycles. The number of urea groups is 1. The molecule has 4 N–H and O–H groups in total. The van der Waals surface area contributed by atoms with Crippen molar-refractivity contribution in [2.45, 2.75) is 135 Å². The van der Waals surface area contributed by atoms with E-state index < -0.39 is 63.2 Å². The molecule has 2 aliphatic heterocycles. The lowest BCUT2D eigenvalue weighted by Gasteiger charge is -2.38. The van der Waals surface area contributed by atoms with Gasteiger partial charge in [0.15, 0.2) is 0 Å². The number of carbonyl (C=O) groups is 5. The van der Waals surface area contributed by atoms with Crippen LogP contribution < -0.4 is 21.3 Å². The van der Waals surface area contributed by atoms with E-state index in [4.69, 9.17) is 0 Å². The largest absolute Gasteiger partial charge is 0.350 e. The summed E-state index contributed by atoms with van der Waals surface area (Å²) in [5.74, 6) is -2.43. The predicted molar refractivity (Wildman–Crippen MR) is 201 cm³/mol. The quantitative estimate of drug-likeness (QED) is 0.210. The van der Waals surface area contributed by atoms with Crippen LogP contribution in [-0.4, -0.2) is 91.0 Å². The normalized spacial score (nSPS) is 25.0. The number of hydrogen-bond donors (Lipinski definition) is 4. The molecule has 0 bridgehead atoms. The van der Waals surface area contributed by atoms with Crippen molar-refractivity contribution in [3.05, 3.63) is 29.8 Å². The Morgan fingerprint density at radius 3 is 2.26 bits per heavy atom. The molecule has 2 heterocycles. The van der Waals surface area contributed by atoms with Crippen LogP contribution in [0.1, 0.15) is 105 Å². The Kier molecular flexibility index (Phi) is 12.3. The number of likely N-dealkylation sites (tertiary alicyclic amines) is 1. The first kappa shape index (κ1) is 40.7. The Labute approximate surface area is 315 Å². The summed E-state index contributed by atoms with van der Waals surface area (Å²) in [5.41, 5.74) is -0.0122. The Balaban J connectivity index is 1.35. The first-order valence-electron chi connectivity index (χ1n) is 19.5. The van der Waals surface area contributed by atoms with E-state index >= 15 is 0 Å². The van der Waals surface area contributed by atoms with Crippen LogP contribution >= 0.6 is 0 Å². The molecule has 4 aliphatic rings. The second-order valence-electron chi connectivity index (χ2n) is 17.1. The molecule has 294 valence electrons. The van der Waals surface area contributed by atoms with Gasteiger partial charge >= 0.3 is 6.03 Å². The molecule has 1 unspecified atom stereocenters. The van der Waals surface area contributed by atoms with Gasteiger partial charge in [-0.3, -0.25) is 19.2 Å². The minimum Gasteiger partial charge on any atom is -0.350 e. The summed E-state index contributed by atoms with van der Waals surface area (Å²) in [6, 6.07) is 2.98. The maximum absolute atomic E-state index is 14.7. The summed E-state index contributed by atoms with van der Waals surface area (Å²) < 4.78 is 28.2. The first-order valence-corrected chi connectivity index (χ1v) is 20.9. The summed E-state index contributed by atoms with van der Waals surface area (Å²) in [6.07, 6.45) is 6.07. The number of carbonyl (C=O) groups excluding carboxylic acids is 5. The highest BCUT2D eigenvalue weighted by Crippen LogP contribution is 2.65. The lowest BCUT2D eigenvalue weighted by molar-refractivity contribution is -0.144. The molecule has 1 aromatic rings. The summed E-state index contributed by atoms with van der Waals surface area (Å²) in [5, 5.41) is 11.4. The van der Waals surface area contributed by atoms with Crippen molar-refractivity contribution in [2.24, 2.45) is 28.6 Å². The van der Waals surface area contributed by atoms with Gasteiger partial charge in [0.1, 0.15) is 12.1 Å². The standard InChI is InChI=1S/C39H60N6O7S/c1-8-10-19-27(33(46)35(48)40-9-2)41-34(47)32-30-26(39(30,6)7)22-45(32)36(49)31(24-16-12-11-13-17-24)43-37(50)42-29(38(3,4)5)23-44-21-25-18-14-15-20-28(25)53(44,51)52/h14-15,18,20,24,26-27,29-32H,8-13,16-17,19,21-23H2,1-7H3,(H,40,48)(H,41,47)(H2,42,43,50)/t26-,27?,29+,30-,31-,32-/m0/s1. The lowest BCUT2D eigenvalue weighted by Crippen LogP contribution is -2.61. The smallest absolute Gasteiger partial charge is 0.315 e. The fourth-order valence-electron chi connectivity index (χ4n) is 8.72. The summed E-state index contributed by atoms with van der Waals surface area (Å²) >= 11 is 0. The summed E-state index contributed by atoms with van der Waals surface area (Å²) in [6.45, 7) is 14.5. The molecule has 1 saturated heterocycles. The van der Waals surface area contributed by atoms with Gasteiger partial charge in [-0.2, -0.15) is 4.31 Å². The number of unbranched alkanes of at least 4 members (excludes halogenated alkanes) is 1. The van der Waals surface area contributed by atoms with Crippen molar-refractivity contribution in [1.29, 1.82) is 0 Å². The van der Waals surface area contributed by atoms with Gasteiger partial charge in [-0.05, 0) is 66.4 Å². The van der Waals surface area contributed by atoms with E-state index in [0.717, 1.165) is 38.5 Å². The lowest BCUT2D eigenvalue weighted by atomic mass is 9.83. The monoisotopic (exact) mass is 756 g/mol. The number of rotatable bonds is 14. The zero-order valence-corrected chi connectivity index (χ0v) is 33.3. The van der Waals surface area contributed by atoms with Crippen molar-refractivity contribution in [3.63, 3.8) is 0 Å². The van der Waals surface area contributed by atoms with Gasteiger partial charge in [0.2, 0.25) is 27.6 Å². The van der Waals surface area contributed by atoms with Crippen LogP contribution in [0.25, 0.3) is 0 Å². The van der Waals surface area contributed by atoms with Crippen LogP contribution in [0.2, 0.25) is 0 Å². The first-order chi connectivity index (χ1) is 24.9. The van der Waals surface area contributed by atoms with Crippen molar-refractivity contribution in [2.75, 3.05) is 19.6 Å². The molecular formula is C39H60N6O7S. The van der Waals surface area contributed by atoms with Crippen LogP contribution in [0.4, 0.5) is 4.79 Å². The van der Waals surface area contributed by atoms with Crippen LogP contribution in [-0.2, 0) is 35.7 Å². The number of nitrogens with zero attached hydrogens (tertiary/aromatic N) is 2. The summed E-state index contributed by atoms with van der Waals surface area (Å²) in [7, 11) is -3.74. The molecule has 5 rings (SSSR count). The second kappa shape index (κ2) is 16.1. The number of hydrogen-bond acceptors (Lipinski definition) is 7. The van der Waals surface area contributed by atoms with Crippen molar-refractivity contribution >= 4 is 39.6 Å². The predicted octanol–water partition coefficient (Wildman–Crippen LogP) is 3.72. The van der Waals surface area contributed by atoms with Gasteiger partial charge in [0.05, 0.1) is 10.9 Å². The number of likely N-dealkylation sites (N-methyl/N-ethyl adjacent to an activating group) is 1. The zero-order chi connectivity index (χ0) is 38.9. The van der Waals surface area contributed by atoms with E-state index in [2.05, 4.69) is 35.1 Å². The average Bonchev–Trinajstić information content (AvgIpc) is 3.37. The Bertz CT molecular complexity index is 1670. The molecule has 2 aliphatic carbocycles. The number of ketones is 1. The van der Waals surface area contributed by atoms with Gasteiger partial charge in [-0.25, -0.2) is 13.2 Å². The zero-order valence-electron chi connectivity index (χ0n) is 32.5. The topological polar surface area (TPSA) is 174 Å². The fraction of sp³-hybridized carbons (Fsp3) is 0.718. The van der Waals surface area contributed by atoms with E-state index in [0.29, 0.717) is 24.9 Å². The van der Waals surface area contributed by atoms with Crippen LogP contribution in [0.15, 0.2) is 29.2 Å². The molecule has 1 aromatic carbocycles. The number of piperidine rings is 1. The average molecular weight is 757 g/mol. The third kappa shape index (κ3) is 8.58. The van der Waals surface area contributed by atoms with Crippen molar-refractivity contribution < 1.29 is 32.4 Å². The Hall–Kier alpha value is -3.52. The van der Waals surface area contributed by atoms with E-state index in [-0.39, 0.29) is 53.6 Å². The SMILES string of the molecule is CCCCC(NC(=O)[C@@H]1[C@@H]2[C@H](CN1C(=O)[C@@H](NC(=O)N[C@H](CN1Cc3ccccc3S1(=O)=O)C(C)(C)C)C1CCCCC1)C2(C)C)C(=O)C(=O)NCC. The Morgan fingerprint density at radius 2 is 1.64 bits per heavy atom. The highest BCUT2D eigenvalue weighted by molar-refractivity contribution is 7.89. The minimum atomic E-state index is -3.74. The van der Waals surface area contributed by atoms with E-state index in [1.54, 1.807) is 30.0 Å². The molecular weight excluding hydrogens is 697 g/mol. The van der Waals surface area contributed by atoms with Crippen LogP contribution in [0.5, 0.6) is 0 Å². The fourth-order valence-corrected chi connectivity index (χ4v) is 10.4. The van der Waals surface area contributed by atoms with Crippen LogP contribution in [0.3, 0.4) is 0 Å². The minimum absolute atomic E-state index is 0.0526. The van der Waals surface area contributed by atoms with E-state index in [1.165, 1.54) is 4.31 Å². The van der Waals surface area contributed by atoms with Crippen molar-refractivity contribution in [1.82, 2.24) is 30.5 Å². The summed E-state index contributed by atoms with van der Waals surface area (Å²) in [4.78, 5) is 70.4. The highest BCUT2D eigenvalue weighted by Gasteiger charge is 2.69. The van der Waals surface area contributed by atoms with Gasteiger partial charge in [0.25, 0.3) is 5.91 Å². The molecule has 6 atom stereocenters. The van der Waals surface area contributed by atoms with Gasteiger partial charge in [0, 0.05) is 32.2 Å². The molecule has 53 heavy (non-hydrogen) atoms. The van der Waals surface area contributed by atoms with Crippen LogP contribution in [0, 0.1) is 28.6 Å². The van der Waals surface area contributed by atoms with Gasteiger partial charge < -0.3 is 26.2 Å². The highest BCUT2D eigenvalue weighted by atomic mass is 32.2. The molecule has 0 radical (unpaired) electrons. The van der Waals surface area contributed by atoms with E-state index in [9.17, 15) is 32.4 Å². The number of benzene rings is 1. The number of amides is 5. The number of sulfonamides is 1. The second-order valence-corrected chi connectivity index (χ2v) is 19.0. The maximum atomic E-state index is 14.7. The van der Waals surface area contributed by atoms with Gasteiger partial charge in [-0.1, -0.05) is 91.8 Å². The molecule has 2 saturated carbocycles. The third-order valence-electron chi connectivity index (χ3n) is 12.1. The molecule has 13 nitrogen and oxygen atoms in total. The Morgan fingerprint density at radius 1 is 0.962 bits per heavy atom. The number of Topliss-reactive ketones (excluding diaryl/α,β-unsaturated/α-hetero) is 1. The molecule has 0 spiro atoms. The molecule has 3 fully saturated rings. The van der Waals surface area contributed by atoms with Gasteiger partial charge in [-0.15, -0.1) is 0 Å². The number of fused-ring (bicyclic) bond motifs is 2. The molecule has 5 amide bonds. The maximum Gasteiger partial charge on any atom is 0.315 e.